The zero-order chi connectivity index (χ0) is 17.6. The Morgan fingerprint density at radius 3 is 2.88 bits per heavy atom. The van der Waals surface area contributed by atoms with Crippen LogP contribution in [0.25, 0.3) is 0 Å². The minimum Gasteiger partial charge on any atom is -0.465 e. The maximum absolute atomic E-state index is 13.8. The summed E-state index contributed by atoms with van der Waals surface area (Å²) in [5.41, 5.74) is 4.53. The number of methoxy groups -OCH3 is 1. The van der Waals surface area contributed by atoms with Gasteiger partial charge in [0.05, 0.1) is 18.7 Å². The second-order valence-corrected chi connectivity index (χ2v) is 6.72. The maximum atomic E-state index is 13.8. The fraction of sp³-hybridized carbons (Fsp3) is 0.286. The van der Waals surface area contributed by atoms with Gasteiger partial charge in [-0.05, 0) is 54.2 Å². The van der Waals surface area contributed by atoms with Crippen molar-refractivity contribution in [2.45, 2.75) is 25.3 Å². The first-order valence-electron chi connectivity index (χ1n) is 8.50. The molecule has 4 heteroatoms. The maximum Gasteiger partial charge on any atom is 0.338 e. The first kappa shape index (κ1) is 15.9. The number of benzene rings is 2. The Hall–Kier alpha value is -2.62. The smallest absolute Gasteiger partial charge is 0.338 e. The molecule has 3 atom stereocenters. The molecule has 0 saturated carbocycles. The number of carbonyl (C=O) groups is 1. The molecule has 0 fully saturated rings. The van der Waals surface area contributed by atoms with Crippen LogP contribution in [0.15, 0.2) is 48.6 Å². The molecule has 25 heavy (non-hydrogen) atoms. The summed E-state index contributed by atoms with van der Waals surface area (Å²) in [6, 6.07) is 10.6. The Balaban J connectivity index is 1.83. The SMILES string of the molecule is COC(=O)c1ccc2c(c1C)N[C@H](c1cccc(F)c1)[C@@H]1CC=C[C@@H]21. The predicted octanol–water partition coefficient (Wildman–Crippen LogP) is 4.75. The highest BCUT2D eigenvalue weighted by atomic mass is 19.1. The number of halogens is 1. The molecular formula is C21H20FNO2. The molecule has 0 aromatic heterocycles. The minimum atomic E-state index is -0.339. The Bertz CT molecular complexity index is 874. The van der Waals surface area contributed by atoms with E-state index in [9.17, 15) is 9.18 Å². The van der Waals surface area contributed by atoms with Crippen molar-refractivity contribution in [1.82, 2.24) is 0 Å². The summed E-state index contributed by atoms with van der Waals surface area (Å²) in [6.07, 6.45) is 5.38. The van der Waals surface area contributed by atoms with Crippen LogP contribution in [0.1, 0.15) is 45.4 Å². The summed E-state index contributed by atoms with van der Waals surface area (Å²) >= 11 is 0. The van der Waals surface area contributed by atoms with E-state index in [0.717, 1.165) is 23.2 Å². The molecule has 2 aromatic carbocycles. The molecule has 1 aliphatic heterocycles. The number of hydrogen-bond donors (Lipinski definition) is 1. The number of hydrogen-bond acceptors (Lipinski definition) is 3. The highest BCUT2D eigenvalue weighted by Crippen LogP contribution is 2.51. The van der Waals surface area contributed by atoms with Gasteiger partial charge in [-0.1, -0.05) is 30.4 Å². The van der Waals surface area contributed by atoms with Crippen molar-refractivity contribution < 1.29 is 13.9 Å². The van der Waals surface area contributed by atoms with Crippen LogP contribution in [-0.4, -0.2) is 13.1 Å². The van der Waals surface area contributed by atoms with Crippen LogP contribution < -0.4 is 5.32 Å². The van der Waals surface area contributed by atoms with Crippen LogP contribution in [0.5, 0.6) is 0 Å². The predicted molar refractivity (Wildman–Crippen MR) is 95.3 cm³/mol. The van der Waals surface area contributed by atoms with E-state index in [1.54, 1.807) is 12.1 Å². The monoisotopic (exact) mass is 337 g/mol. The molecular weight excluding hydrogens is 317 g/mol. The lowest BCUT2D eigenvalue weighted by Crippen LogP contribution is -2.30. The van der Waals surface area contributed by atoms with E-state index in [-0.39, 0.29) is 23.7 Å². The highest BCUT2D eigenvalue weighted by Gasteiger charge is 2.39. The third-order valence-electron chi connectivity index (χ3n) is 5.41. The van der Waals surface area contributed by atoms with Crippen LogP contribution in [0.3, 0.4) is 0 Å². The van der Waals surface area contributed by atoms with Crippen LogP contribution in [0, 0.1) is 18.7 Å². The van der Waals surface area contributed by atoms with Crippen LogP contribution >= 0.6 is 0 Å². The molecule has 1 aliphatic carbocycles. The van der Waals surface area contributed by atoms with Gasteiger partial charge in [0.25, 0.3) is 0 Å². The Morgan fingerprint density at radius 2 is 2.12 bits per heavy atom. The zero-order valence-corrected chi connectivity index (χ0v) is 14.3. The molecule has 0 bridgehead atoms. The molecule has 2 aliphatic rings. The molecule has 128 valence electrons. The standard InChI is InChI=1S/C21H20FNO2/c1-12-15(21(24)25-2)9-10-18-16-7-4-8-17(16)20(23-19(12)18)13-5-3-6-14(22)11-13/h3-7,9-11,16-17,20,23H,8H2,1-2H3/t16-,17-,20-/m1/s1. The number of esters is 1. The lowest BCUT2D eigenvalue weighted by Gasteiger charge is -2.38. The summed E-state index contributed by atoms with van der Waals surface area (Å²) in [6.45, 7) is 1.93. The summed E-state index contributed by atoms with van der Waals surface area (Å²) < 4.78 is 18.6. The third-order valence-corrected chi connectivity index (χ3v) is 5.41. The number of allylic oxidation sites excluding steroid dienone is 2. The molecule has 4 rings (SSSR count). The van der Waals surface area contributed by atoms with Gasteiger partial charge in [-0.3, -0.25) is 0 Å². The highest BCUT2D eigenvalue weighted by molar-refractivity contribution is 5.93. The molecule has 0 spiro atoms. The van der Waals surface area contributed by atoms with Crippen molar-refractivity contribution >= 4 is 11.7 Å². The van der Waals surface area contributed by atoms with Crippen molar-refractivity contribution in [2.24, 2.45) is 5.92 Å². The van der Waals surface area contributed by atoms with Crippen molar-refractivity contribution in [3.05, 3.63) is 76.6 Å². The number of carbonyl (C=O) groups excluding carboxylic acids is 1. The molecule has 1 N–H and O–H groups in total. The average Bonchev–Trinajstić information content (AvgIpc) is 3.11. The van der Waals surface area contributed by atoms with Gasteiger partial charge in [0.1, 0.15) is 5.82 Å². The topological polar surface area (TPSA) is 38.3 Å². The van der Waals surface area contributed by atoms with E-state index < -0.39 is 0 Å². The third kappa shape index (κ3) is 2.53. The Kier molecular flexibility index (Phi) is 3.83. The van der Waals surface area contributed by atoms with Gasteiger partial charge in [-0.15, -0.1) is 0 Å². The van der Waals surface area contributed by atoms with Gasteiger partial charge in [-0.25, -0.2) is 9.18 Å². The van der Waals surface area contributed by atoms with E-state index in [4.69, 9.17) is 4.74 Å². The second kappa shape index (κ2) is 6.03. The largest absolute Gasteiger partial charge is 0.465 e. The fourth-order valence-electron chi connectivity index (χ4n) is 4.18. The quantitative estimate of drug-likeness (QED) is 0.635. The normalized spacial score (nSPS) is 23.6. The number of ether oxygens (including phenoxy) is 1. The van der Waals surface area contributed by atoms with Gasteiger partial charge in [0.2, 0.25) is 0 Å². The lowest BCUT2D eigenvalue weighted by atomic mass is 9.76. The van der Waals surface area contributed by atoms with Gasteiger partial charge >= 0.3 is 5.97 Å². The van der Waals surface area contributed by atoms with E-state index >= 15 is 0 Å². The summed E-state index contributed by atoms with van der Waals surface area (Å²) in [5.74, 6) is 0.0497. The van der Waals surface area contributed by atoms with Gasteiger partial charge in [0, 0.05) is 11.6 Å². The van der Waals surface area contributed by atoms with Crippen molar-refractivity contribution in [2.75, 3.05) is 12.4 Å². The van der Waals surface area contributed by atoms with Crippen LogP contribution in [-0.2, 0) is 4.74 Å². The zero-order valence-electron chi connectivity index (χ0n) is 14.3. The van der Waals surface area contributed by atoms with E-state index in [1.807, 2.05) is 25.1 Å². The van der Waals surface area contributed by atoms with Crippen molar-refractivity contribution in [3.8, 4) is 0 Å². The van der Waals surface area contributed by atoms with E-state index in [2.05, 4.69) is 17.5 Å². The molecule has 0 unspecified atom stereocenters. The number of fused-ring (bicyclic) bond motifs is 3. The Labute approximate surface area is 146 Å². The van der Waals surface area contributed by atoms with Crippen molar-refractivity contribution in [3.63, 3.8) is 0 Å². The Morgan fingerprint density at radius 1 is 1.28 bits per heavy atom. The second-order valence-electron chi connectivity index (χ2n) is 6.72. The number of nitrogens with one attached hydrogen (secondary N) is 1. The van der Waals surface area contributed by atoms with E-state index in [1.165, 1.54) is 18.7 Å². The first-order chi connectivity index (χ1) is 12.1. The summed E-state index contributed by atoms with van der Waals surface area (Å²) in [7, 11) is 1.39. The molecule has 3 nitrogen and oxygen atoms in total. The van der Waals surface area contributed by atoms with E-state index in [0.29, 0.717) is 11.5 Å². The van der Waals surface area contributed by atoms with Gasteiger partial charge < -0.3 is 10.1 Å². The average molecular weight is 337 g/mol. The summed E-state index contributed by atoms with van der Waals surface area (Å²) in [4.78, 5) is 12.0. The molecule has 0 radical (unpaired) electrons. The van der Waals surface area contributed by atoms with Crippen LogP contribution in [0.4, 0.5) is 10.1 Å². The molecule has 0 amide bonds. The summed E-state index contributed by atoms with van der Waals surface area (Å²) in [5, 5.41) is 3.59. The van der Waals surface area contributed by atoms with Gasteiger partial charge in [-0.2, -0.15) is 0 Å². The number of anilines is 1. The van der Waals surface area contributed by atoms with Crippen LogP contribution in [0.2, 0.25) is 0 Å². The lowest BCUT2D eigenvalue weighted by molar-refractivity contribution is 0.0600. The molecule has 1 heterocycles. The number of rotatable bonds is 2. The minimum absolute atomic E-state index is 0.00907. The fourth-order valence-corrected chi connectivity index (χ4v) is 4.18. The van der Waals surface area contributed by atoms with Crippen molar-refractivity contribution in [1.29, 1.82) is 0 Å². The molecule has 0 saturated heterocycles. The molecule has 2 aromatic rings. The van der Waals surface area contributed by atoms with Gasteiger partial charge in [0.15, 0.2) is 0 Å². The first-order valence-corrected chi connectivity index (χ1v) is 8.50.